The summed E-state index contributed by atoms with van der Waals surface area (Å²) in [4.78, 5) is 3.92. The van der Waals surface area contributed by atoms with Gasteiger partial charge in [0, 0.05) is 12.6 Å². The average molecular weight is 353 g/mol. The van der Waals surface area contributed by atoms with Crippen molar-refractivity contribution in [3.8, 4) is 11.5 Å². The van der Waals surface area contributed by atoms with Gasteiger partial charge < -0.3 is 20.5 Å². The van der Waals surface area contributed by atoms with Crippen LogP contribution in [0.3, 0.4) is 0 Å². The highest BCUT2D eigenvalue weighted by molar-refractivity contribution is 7.97. The van der Waals surface area contributed by atoms with Crippen molar-refractivity contribution in [2.45, 2.75) is 13.5 Å². The fraction of sp³-hybridized carbons (Fsp3) is 0.353. The minimum absolute atomic E-state index is 0.272. The second-order valence-corrected chi connectivity index (χ2v) is 5.59. The van der Waals surface area contributed by atoms with Crippen LogP contribution in [0, 0.1) is 5.82 Å². The molecule has 0 atom stereocenters. The SMILES string of the molecule is CCOc1cc(CNc2ncc(F)cc2N)ccc1OC.CSC. The summed E-state index contributed by atoms with van der Waals surface area (Å²) in [7, 11) is 1.60. The van der Waals surface area contributed by atoms with Gasteiger partial charge in [-0.3, -0.25) is 0 Å². The van der Waals surface area contributed by atoms with E-state index in [1.165, 1.54) is 6.07 Å². The number of thioether (sulfide) groups is 1. The molecule has 2 rings (SSSR count). The van der Waals surface area contributed by atoms with E-state index in [-0.39, 0.29) is 5.69 Å². The standard InChI is InChI=1S/C15H18FN3O2.C2H6S/c1-3-21-14-6-10(4-5-13(14)20-2)8-18-15-12(17)7-11(16)9-19-15;1-3-2/h4-7,9H,3,8,17H2,1-2H3,(H,18,19);1-2H3. The molecule has 0 unspecified atom stereocenters. The topological polar surface area (TPSA) is 69.4 Å². The van der Waals surface area contributed by atoms with Crippen LogP contribution in [0.2, 0.25) is 0 Å². The van der Waals surface area contributed by atoms with Crippen molar-refractivity contribution in [2.75, 3.05) is 37.3 Å². The van der Waals surface area contributed by atoms with E-state index in [9.17, 15) is 4.39 Å². The van der Waals surface area contributed by atoms with E-state index in [0.717, 1.165) is 11.8 Å². The summed E-state index contributed by atoms with van der Waals surface area (Å²) >= 11 is 1.75. The number of rotatable bonds is 6. The van der Waals surface area contributed by atoms with E-state index in [1.807, 2.05) is 37.6 Å². The molecular formula is C17H24FN3O2S. The van der Waals surface area contributed by atoms with E-state index >= 15 is 0 Å². The Balaban J connectivity index is 0.000000891. The minimum Gasteiger partial charge on any atom is -0.493 e. The zero-order chi connectivity index (χ0) is 17.9. The Bertz CT molecular complexity index is 641. The first-order chi connectivity index (χ1) is 11.5. The van der Waals surface area contributed by atoms with Crippen LogP contribution in [0.25, 0.3) is 0 Å². The van der Waals surface area contributed by atoms with Gasteiger partial charge in [-0.1, -0.05) is 6.07 Å². The first-order valence-electron chi connectivity index (χ1n) is 7.40. The molecule has 132 valence electrons. The Kier molecular flexibility index (Phi) is 8.78. The molecule has 1 aromatic heterocycles. The van der Waals surface area contributed by atoms with Crippen molar-refractivity contribution < 1.29 is 13.9 Å². The number of nitrogens with one attached hydrogen (secondary N) is 1. The van der Waals surface area contributed by atoms with E-state index in [1.54, 1.807) is 18.9 Å². The molecule has 0 spiro atoms. The van der Waals surface area contributed by atoms with Crippen LogP contribution in [-0.4, -0.2) is 31.2 Å². The lowest BCUT2D eigenvalue weighted by Crippen LogP contribution is -2.05. The molecule has 0 radical (unpaired) electrons. The lowest BCUT2D eigenvalue weighted by atomic mass is 10.2. The maximum atomic E-state index is 12.9. The van der Waals surface area contributed by atoms with Crippen LogP contribution in [0.4, 0.5) is 15.9 Å². The van der Waals surface area contributed by atoms with Crippen LogP contribution in [-0.2, 0) is 6.54 Å². The Morgan fingerprint density at radius 3 is 2.54 bits per heavy atom. The first kappa shape index (κ1) is 19.9. The molecule has 7 heteroatoms. The minimum atomic E-state index is -0.457. The Morgan fingerprint density at radius 1 is 1.25 bits per heavy atom. The zero-order valence-corrected chi connectivity index (χ0v) is 15.2. The summed E-state index contributed by atoms with van der Waals surface area (Å²) in [5.41, 5.74) is 6.95. The number of hydrogen-bond acceptors (Lipinski definition) is 6. The van der Waals surface area contributed by atoms with Gasteiger partial charge >= 0.3 is 0 Å². The smallest absolute Gasteiger partial charge is 0.161 e. The molecule has 0 bridgehead atoms. The quantitative estimate of drug-likeness (QED) is 0.823. The molecule has 0 amide bonds. The van der Waals surface area contributed by atoms with E-state index in [2.05, 4.69) is 10.3 Å². The van der Waals surface area contributed by atoms with Crippen LogP contribution in [0.15, 0.2) is 30.5 Å². The van der Waals surface area contributed by atoms with Crippen LogP contribution in [0.5, 0.6) is 11.5 Å². The number of pyridine rings is 1. The van der Waals surface area contributed by atoms with E-state index in [4.69, 9.17) is 15.2 Å². The number of aromatic nitrogens is 1. The van der Waals surface area contributed by atoms with Gasteiger partial charge in [0.1, 0.15) is 11.6 Å². The third kappa shape index (κ3) is 6.16. The van der Waals surface area contributed by atoms with Gasteiger partial charge in [-0.25, -0.2) is 9.37 Å². The highest BCUT2D eigenvalue weighted by Gasteiger charge is 2.07. The molecule has 0 fully saturated rings. The maximum absolute atomic E-state index is 12.9. The van der Waals surface area contributed by atoms with Crippen molar-refractivity contribution >= 4 is 23.3 Å². The Labute approximate surface area is 146 Å². The molecule has 0 aliphatic heterocycles. The number of methoxy groups -OCH3 is 1. The number of benzene rings is 1. The molecule has 0 aliphatic carbocycles. The fourth-order valence-electron chi connectivity index (χ4n) is 1.89. The molecular weight excluding hydrogens is 329 g/mol. The molecule has 0 saturated carbocycles. The van der Waals surface area contributed by atoms with Gasteiger partial charge in [0.25, 0.3) is 0 Å². The first-order valence-corrected chi connectivity index (χ1v) is 9.03. The monoisotopic (exact) mass is 353 g/mol. The number of ether oxygens (including phenoxy) is 2. The number of nitrogen functional groups attached to an aromatic ring is 1. The van der Waals surface area contributed by atoms with E-state index < -0.39 is 5.82 Å². The zero-order valence-electron chi connectivity index (χ0n) is 14.4. The number of nitrogens with zero attached hydrogens (tertiary/aromatic N) is 1. The van der Waals surface area contributed by atoms with Crippen molar-refractivity contribution in [1.29, 1.82) is 0 Å². The summed E-state index contributed by atoms with van der Waals surface area (Å²) < 4.78 is 23.7. The van der Waals surface area contributed by atoms with Gasteiger partial charge in [0.2, 0.25) is 0 Å². The Hall–Kier alpha value is -2.15. The lowest BCUT2D eigenvalue weighted by Gasteiger charge is -2.12. The van der Waals surface area contributed by atoms with Gasteiger partial charge in [-0.05, 0) is 37.1 Å². The normalized spacial score (nSPS) is 9.71. The van der Waals surface area contributed by atoms with Crippen LogP contribution in [0.1, 0.15) is 12.5 Å². The van der Waals surface area contributed by atoms with Crippen molar-refractivity contribution in [3.63, 3.8) is 0 Å². The maximum Gasteiger partial charge on any atom is 0.161 e. The molecule has 1 heterocycles. The highest BCUT2D eigenvalue weighted by atomic mass is 32.2. The summed E-state index contributed by atoms with van der Waals surface area (Å²) in [5.74, 6) is 1.35. The van der Waals surface area contributed by atoms with Crippen molar-refractivity contribution in [3.05, 3.63) is 41.8 Å². The van der Waals surface area contributed by atoms with Crippen LogP contribution < -0.4 is 20.5 Å². The largest absolute Gasteiger partial charge is 0.493 e. The van der Waals surface area contributed by atoms with Gasteiger partial charge in [-0.15, -0.1) is 0 Å². The summed E-state index contributed by atoms with van der Waals surface area (Å²) in [5, 5.41) is 3.06. The third-order valence-corrected chi connectivity index (χ3v) is 2.87. The average Bonchev–Trinajstić information content (AvgIpc) is 2.55. The van der Waals surface area contributed by atoms with Gasteiger partial charge in [0.05, 0.1) is 25.6 Å². The number of halogens is 1. The third-order valence-electron chi connectivity index (χ3n) is 2.87. The lowest BCUT2D eigenvalue weighted by molar-refractivity contribution is 0.310. The molecule has 3 N–H and O–H groups in total. The molecule has 1 aromatic carbocycles. The summed E-state index contributed by atoms with van der Waals surface area (Å²) in [6.45, 7) is 2.96. The number of anilines is 2. The molecule has 0 aliphatic rings. The van der Waals surface area contributed by atoms with Gasteiger partial charge in [-0.2, -0.15) is 11.8 Å². The number of hydrogen-bond donors (Lipinski definition) is 2. The van der Waals surface area contributed by atoms with Crippen LogP contribution >= 0.6 is 11.8 Å². The predicted molar refractivity (Wildman–Crippen MR) is 99.5 cm³/mol. The predicted octanol–water partition coefficient (Wildman–Crippen LogP) is 3.80. The molecule has 2 aromatic rings. The fourth-order valence-corrected chi connectivity index (χ4v) is 1.89. The molecule has 24 heavy (non-hydrogen) atoms. The number of nitrogens with two attached hydrogens (primary N) is 1. The second-order valence-electron chi connectivity index (χ2n) is 4.77. The summed E-state index contributed by atoms with van der Waals surface area (Å²) in [6.07, 6.45) is 5.21. The van der Waals surface area contributed by atoms with E-state index in [0.29, 0.717) is 30.5 Å². The van der Waals surface area contributed by atoms with Crippen molar-refractivity contribution in [1.82, 2.24) is 4.98 Å². The second kappa shape index (κ2) is 10.6. The van der Waals surface area contributed by atoms with Gasteiger partial charge in [0.15, 0.2) is 11.5 Å². The highest BCUT2D eigenvalue weighted by Crippen LogP contribution is 2.28. The molecule has 5 nitrogen and oxygen atoms in total. The Morgan fingerprint density at radius 2 is 1.96 bits per heavy atom. The van der Waals surface area contributed by atoms with Crippen molar-refractivity contribution in [2.24, 2.45) is 0 Å². The summed E-state index contributed by atoms with van der Waals surface area (Å²) in [6, 6.07) is 6.86. The molecule has 0 saturated heterocycles.